The van der Waals surface area contributed by atoms with E-state index in [1.807, 2.05) is 0 Å². The predicted octanol–water partition coefficient (Wildman–Crippen LogP) is 8.60. The highest BCUT2D eigenvalue weighted by Crippen LogP contribution is 2.48. The molecule has 0 spiro atoms. The number of anilines is 1. The lowest BCUT2D eigenvalue weighted by molar-refractivity contribution is 0.433. The molecule has 7 heteroatoms. The molecule has 3 nitrogen and oxygen atoms in total. The summed E-state index contributed by atoms with van der Waals surface area (Å²) in [6, 6.07) is 10.5. The van der Waals surface area contributed by atoms with Crippen LogP contribution >= 0.6 is 46.4 Å². The Bertz CT molecular complexity index is 1860. The van der Waals surface area contributed by atoms with Crippen molar-refractivity contribution in [2.45, 2.75) is 52.6 Å². The van der Waals surface area contributed by atoms with Crippen LogP contribution in [0.5, 0.6) is 11.5 Å². The van der Waals surface area contributed by atoms with E-state index in [1.165, 1.54) is 11.1 Å². The normalized spacial score (nSPS) is 18.2. The summed E-state index contributed by atoms with van der Waals surface area (Å²) in [5.74, 6) is 1.50. The van der Waals surface area contributed by atoms with E-state index < -0.39 is 0 Å². The van der Waals surface area contributed by atoms with E-state index in [-0.39, 0.29) is 21.1 Å². The molecule has 0 radical (unpaired) electrons. The molecule has 206 valence electrons. The van der Waals surface area contributed by atoms with Crippen LogP contribution in [-0.2, 0) is 0 Å². The van der Waals surface area contributed by atoms with Crippen LogP contribution in [0.15, 0.2) is 42.5 Å². The Kier molecular flexibility index (Phi) is 6.26. The largest absolute Gasteiger partial charge is 0.456 e. The topological polar surface area (TPSA) is 15.5 Å². The second kappa shape index (κ2) is 9.03. The molecule has 0 N–H and O–H groups in total. The van der Waals surface area contributed by atoms with Crippen molar-refractivity contribution in [1.29, 1.82) is 0 Å². The lowest BCUT2D eigenvalue weighted by Gasteiger charge is -2.41. The van der Waals surface area contributed by atoms with Crippen molar-refractivity contribution in [3.8, 4) is 11.5 Å². The molecular weight excluding hydrogens is 582 g/mol. The first-order valence-corrected chi connectivity index (χ1v) is 14.8. The zero-order valence-corrected chi connectivity index (χ0v) is 26.9. The number of nitrogens with zero attached hydrogens (tertiary/aromatic N) is 2. The molecule has 0 unspecified atom stereocenters. The highest BCUT2D eigenvalue weighted by atomic mass is 35.5. The molecule has 0 aliphatic carbocycles. The van der Waals surface area contributed by atoms with Crippen LogP contribution < -0.4 is 24.8 Å². The highest BCUT2D eigenvalue weighted by molar-refractivity contribution is 6.52. The van der Waals surface area contributed by atoms with Gasteiger partial charge in [0.05, 0.1) is 31.7 Å². The molecule has 0 saturated carbocycles. The average molecular weight is 613 g/mol. The van der Waals surface area contributed by atoms with Crippen molar-refractivity contribution in [1.82, 2.24) is 4.58 Å². The van der Waals surface area contributed by atoms with Gasteiger partial charge >= 0.3 is 0 Å². The van der Waals surface area contributed by atoms with Gasteiger partial charge in [-0.25, -0.2) is 4.58 Å². The summed E-state index contributed by atoms with van der Waals surface area (Å²) in [7, 11) is 4.24. The molecule has 0 fully saturated rings. The van der Waals surface area contributed by atoms with Gasteiger partial charge in [0.2, 0.25) is 5.36 Å². The fraction of sp³-hybridized carbons (Fsp3) is 0.303. The zero-order chi connectivity index (χ0) is 29.0. The van der Waals surface area contributed by atoms with Gasteiger partial charge in [-0.15, -0.1) is 0 Å². The molecule has 0 atom stereocenters. The van der Waals surface area contributed by atoms with E-state index in [2.05, 4.69) is 102 Å². The first-order valence-electron chi connectivity index (χ1n) is 13.2. The van der Waals surface area contributed by atoms with E-state index in [9.17, 15) is 0 Å². The van der Waals surface area contributed by atoms with Crippen molar-refractivity contribution in [2.24, 2.45) is 0 Å². The predicted molar refractivity (Wildman–Crippen MR) is 171 cm³/mol. The van der Waals surface area contributed by atoms with E-state index >= 15 is 0 Å². The molecule has 3 aromatic carbocycles. The maximum atomic E-state index is 6.93. The van der Waals surface area contributed by atoms with Gasteiger partial charge in [0.15, 0.2) is 5.54 Å². The monoisotopic (exact) mass is 611 g/mol. The number of hydrogen-bond donors (Lipinski definition) is 0. The van der Waals surface area contributed by atoms with Crippen molar-refractivity contribution >= 4 is 68.8 Å². The van der Waals surface area contributed by atoms with Gasteiger partial charge in [0, 0.05) is 65.7 Å². The Morgan fingerprint density at radius 3 is 2.10 bits per heavy atom. The van der Waals surface area contributed by atoms with Crippen molar-refractivity contribution in [3.05, 3.63) is 95.4 Å². The number of allylic oxidation sites excluding steroid dienone is 2. The smallest absolute Gasteiger partial charge is 0.211 e. The molecular formula is C33H31Cl4N2O+. The number of likely N-dealkylation sites (N-methyl/N-ethyl adjacent to an activating group) is 2. The standard InChI is InChI=1S/C33H31Cl4N2O/c1-16-14-32(3,4)38(7)24-12-26-20(9-18(16)24)28(22-11-23(34)30(36)31(37)29(22)35)21-10-19-17(2)15-33(5,6)39(8)25(19)13-27(21)40-26/h9-15H,1-8H3/q+1. The van der Waals surface area contributed by atoms with Crippen molar-refractivity contribution in [3.63, 3.8) is 0 Å². The van der Waals surface area contributed by atoms with E-state index in [0.717, 1.165) is 50.0 Å². The van der Waals surface area contributed by atoms with Gasteiger partial charge in [-0.2, -0.15) is 0 Å². The SMILES string of the molecule is CC1=CC(C)(C)N(C)c2cc3c(cc21)C(c1cc(Cl)c(Cl)c(Cl)c1Cl)=c1cc2c(cc1O3)=[N+](C)C(C)(C)C=C2C. The van der Waals surface area contributed by atoms with Crippen LogP contribution in [-0.4, -0.2) is 25.2 Å². The fourth-order valence-electron chi connectivity index (χ4n) is 6.22. The maximum absolute atomic E-state index is 6.93. The molecule has 3 heterocycles. The Morgan fingerprint density at radius 2 is 1.40 bits per heavy atom. The van der Waals surface area contributed by atoms with E-state index in [0.29, 0.717) is 15.6 Å². The Hall–Kier alpha value is -2.43. The lowest BCUT2D eigenvalue weighted by Crippen LogP contribution is -2.47. The summed E-state index contributed by atoms with van der Waals surface area (Å²) < 4.78 is 9.03. The van der Waals surface area contributed by atoms with Gasteiger partial charge in [-0.1, -0.05) is 52.5 Å². The van der Waals surface area contributed by atoms with Crippen molar-refractivity contribution < 1.29 is 4.74 Å². The van der Waals surface area contributed by atoms with Gasteiger partial charge < -0.3 is 9.64 Å². The molecule has 3 aliphatic heterocycles. The Balaban J connectivity index is 1.78. The first kappa shape index (κ1) is 27.7. The van der Waals surface area contributed by atoms with Crippen LogP contribution in [0.4, 0.5) is 5.69 Å². The van der Waals surface area contributed by atoms with Gasteiger partial charge in [0.25, 0.3) is 0 Å². The first-order chi connectivity index (χ1) is 18.6. The van der Waals surface area contributed by atoms with Gasteiger partial charge in [-0.3, -0.25) is 0 Å². The van der Waals surface area contributed by atoms with Crippen LogP contribution in [0, 0.1) is 0 Å². The third kappa shape index (κ3) is 3.96. The highest BCUT2D eigenvalue weighted by Gasteiger charge is 2.35. The van der Waals surface area contributed by atoms with Gasteiger partial charge in [-0.05, 0) is 63.1 Å². The zero-order valence-electron chi connectivity index (χ0n) is 23.9. The molecule has 3 aromatic rings. The minimum Gasteiger partial charge on any atom is -0.456 e. The molecule has 6 rings (SSSR count). The van der Waals surface area contributed by atoms with Gasteiger partial charge in [0.1, 0.15) is 18.5 Å². The minimum atomic E-state index is -0.137. The quantitative estimate of drug-likeness (QED) is 0.121. The second-order valence-corrected chi connectivity index (χ2v) is 13.7. The van der Waals surface area contributed by atoms with E-state index in [4.69, 9.17) is 51.1 Å². The lowest BCUT2D eigenvalue weighted by atomic mass is 9.84. The molecule has 40 heavy (non-hydrogen) atoms. The number of halogens is 4. The number of hydrogen-bond acceptors (Lipinski definition) is 2. The number of benzene rings is 3. The number of rotatable bonds is 1. The summed E-state index contributed by atoms with van der Waals surface area (Å²) in [6.45, 7) is 13.2. The number of fused-ring (bicyclic) bond motifs is 4. The Morgan fingerprint density at radius 1 is 0.725 bits per heavy atom. The summed E-state index contributed by atoms with van der Waals surface area (Å²) in [6.07, 6.45) is 4.59. The molecule has 0 saturated heterocycles. The summed E-state index contributed by atoms with van der Waals surface area (Å²) in [5.41, 5.74) is 8.08. The molecule has 0 aromatic heterocycles. The molecule has 0 bridgehead atoms. The van der Waals surface area contributed by atoms with Crippen LogP contribution in [0.25, 0.3) is 16.7 Å². The molecule has 0 amide bonds. The Labute approximate surface area is 255 Å². The van der Waals surface area contributed by atoms with E-state index in [1.54, 1.807) is 6.07 Å². The number of ether oxygens (including phenoxy) is 1. The van der Waals surface area contributed by atoms with Crippen LogP contribution in [0.2, 0.25) is 20.1 Å². The fourth-order valence-corrected chi connectivity index (χ4v) is 7.12. The summed E-state index contributed by atoms with van der Waals surface area (Å²) in [5, 5.41) is 3.22. The van der Waals surface area contributed by atoms with Crippen LogP contribution in [0.3, 0.4) is 0 Å². The van der Waals surface area contributed by atoms with Crippen molar-refractivity contribution in [2.75, 3.05) is 19.0 Å². The minimum absolute atomic E-state index is 0.137. The summed E-state index contributed by atoms with van der Waals surface area (Å²) >= 11 is 26.5. The van der Waals surface area contributed by atoms with Crippen LogP contribution in [0.1, 0.15) is 63.8 Å². The third-order valence-electron chi connectivity index (χ3n) is 8.77. The molecule has 3 aliphatic rings. The third-order valence-corrected chi connectivity index (χ3v) is 10.5. The second-order valence-electron chi connectivity index (χ2n) is 12.1. The average Bonchev–Trinajstić information content (AvgIpc) is 2.88. The maximum Gasteiger partial charge on any atom is 0.211 e. The summed E-state index contributed by atoms with van der Waals surface area (Å²) in [4.78, 5) is 2.29.